The summed E-state index contributed by atoms with van der Waals surface area (Å²) in [5.41, 5.74) is 1.79. The van der Waals surface area contributed by atoms with Gasteiger partial charge < -0.3 is 13.6 Å². The van der Waals surface area contributed by atoms with Gasteiger partial charge in [-0.3, -0.25) is 0 Å². The van der Waals surface area contributed by atoms with Crippen molar-refractivity contribution in [3.8, 4) is 17.2 Å². The summed E-state index contributed by atoms with van der Waals surface area (Å²) in [6, 6.07) is 14.2. The van der Waals surface area contributed by atoms with Gasteiger partial charge in [-0.25, -0.2) is 4.79 Å². The first-order valence-electron chi connectivity index (χ1n) is 8.48. The number of hydrogen-bond acceptors (Lipinski definition) is 7. The molecule has 8 heteroatoms. The van der Waals surface area contributed by atoms with Crippen molar-refractivity contribution in [2.75, 3.05) is 12.4 Å². The molecule has 0 atom stereocenters. The van der Waals surface area contributed by atoms with Gasteiger partial charge >= 0.3 is 5.63 Å². The molecule has 142 valence electrons. The molecule has 2 aromatic carbocycles. The van der Waals surface area contributed by atoms with E-state index in [4.69, 9.17) is 25.2 Å². The molecule has 2 aromatic heterocycles. The summed E-state index contributed by atoms with van der Waals surface area (Å²) in [6.45, 7) is 2.31. The number of thioether (sulfide) groups is 1. The lowest BCUT2D eigenvalue weighted by atomic mass is 10.1. The Kier molecular flexibility index (Phi) is 5.36. The van der Waals surface area contributed by atoms with Crippen molar-refractivity contribution in [2.24, 2.45) is 0 Å². The number of aromatic nitrogens is 2. The number of aryl methyl sites for hydroxylation is 1. The summed E-state index contributed by atoms with van der Waals surface area (Å²) in [7, 11) is 0. The standard InChI is InChI=1S/C20H15ClN2O4S/c1-12-9-18(24)26-17-11-15(5-6-16(12)17)25-7-8-28-20-23-22-19(27-20)13-3-2-4-14(21)10-13/h2-6,9-11H,7-8H2,1H3. The molecule has 28 heavy (non-hydrogen) atoms. The van der Waals surface area contributed by atoms with Crippen molar-refractivity contribution >= 4 is 34.3 Å². The Labute approximate surface area is 169 Å². The van der Waals surface area contributed by atoms with Crippen molar-refractivity contribution in [1.29, 1.82) is 0 Å². The maximum absolute atomic E-state index is 11.5. The summed E-state index contributed by atoms with van der Waals surface area (Å²) in [5, 5.41) is 10.0. The van der Waals surface area contributed by atoms with E-state index in [1.807, 2.05) is 31.2 Å². The minimum absolute atomic E-state index is 0.371. The first kappa shape index (κ1) is 18.6. The van der Waals surface area contributed by atoms with Crippen LogP contribution >= 0.6 is 23.4 Å². The number of fused-ring (bicyclic) bond motifs is 1. The third-order valence-corrected chi connectivity index (χ3v) is 5.00. The largest absolute Gasteiger partial charge is 0.493 e. The lowest BCUT2D eigenvalue weighted by Crippen LogP contribution is -2.01. The minimum Gasteiger partial charge on any atom is -0.493 e. The van der Waals surface area contributed by atoms with Gasteiger partial charge in [0, 0.05) is 33.9 Å². The van der Waals surface area contributed by atoms with Crippen molar-refractivity contribution in [2.45, 2.75) is 12.1 Å². The monoisotopic (exact) mass is 414 g/mol. The first-order valence-corrected chi connectivity index (χ1v) is 9.84. The molecule has 0 aliphatic rings. The summed E-state index contributed by atoms with van der Waals surface area (Å²) < 4.78 is 16.6. The van der Waals surface area contributed by atoms with Gasteiger partial charge in [-0.05, 0) is 42.8 Å². The molecule has 0 bridgehead atoms. The fourth-order valence-electron chi connectivity index (χ4n) is 2.69. The highest BCUT2D eigenvalue weighted by molar-refractivity contribution is 7.99. The Morgan fingerprint density at radius 2 is 2.00 bits per heavy atom. The Hall–Kier alpha value is -2.77. The van der Waals surface area contributed by atoms with E-state index in [1.165, 1.54) is 17.8 Å². The third-order valence-electron chi connectivity index (χ3n) is 3.98. The summed E-state index contributed by atoms with van der Waals surface area (Å²) in [4.78, 5) is 11.5. The van der Waals surface area contributed by atoms with E-state index in [0.717, 1.165) is 16.5 Å². The smallest absolute Gasteiger partial charge is 0.336 e. The molecular formula is C20H15ClN2O4S. The van der Waals surface area contributed by atoms with Gasteiger partial charge in [-0.2, -0.15) is 0 Å². The van der Waals surface area contributed by atoms with E-state index in [1.54, 1.807) is 18.2 Å². The van der Waals surface area contributed by atoms with Crippen LogP contribution in [0.2, 0.25) is 5.02 Å². The first-order chi connectivity index (χ1) is 13.6. The summed E-state index contributed by atoms with van der Waals surface area (Å²) in [5.74, 6) is 1.67. The van der Waals surface area contributed by atoms with Gasteiger partial charge in [0.15, 0.2) is 0 Å². The van der Waals surface area contributed by atoms with Gasteiger partial charge in [-0.1, -0.05) is 29.4 Å². The molecule has 0 unspecified atom stereocenters. The zero-order valence-electron chi connectivity index (χ0n) is 14.8. The highest BCUT2D eigenvalue weighted by Crippen LogP contribution is 2.26. The van der Waals surface area contributed by atoms with Crippen LogP contribution in [0.4, 0.5) is 0 Å². The van der Waals surface area contributed by atoms with E-state index < -0.39 is 0 Å². The van der Waals surface area contributed by atoms with Gasteiger partial charge in [0.2, 0.25) is 5.89 Å². The number of halogens is 1. The summed E-state index contributed by atoms with van der Waals surface area (Å²) >= 11 is 7.38. The quantitative estimate of drug-likeness (QED) is 0.250. The molecule has 4 aromatic rings. The average molecular weight is 415 g/mol. The molecule has 0 amide bonds. The molecule has 4 rings (SSSR count). The number of nitrogens with zero attached hydrogens (tertiary/aromatic N) is 2. The van der Waals surface area contributed by atoms with Crippen LogP contribution in [0.3, 0.4) is 0 Å². The zero-order chi connectivity index (χ0) is 19.5. The Balaban J connectivity index is 1.35. The molecule has 0 spiro atoms. The van der Waals surface area contributed by atoms with Crippen LogP contribution in [0.5, 0.6) is 5.75 Å². The van der Waals surface area contributed by atoms with Gasteiger partial charge in [0.25, 0.3) is 5.22 Å². The topological polar surface area (TPSA) is 78.4 Å². The third kappa shape index (κ3) is 4.21. The fourth-order valence-corrected chi connectivity index (χ4v) is 3.46. The maximum Gasteiger partial charge on any atom is 0.336 e. The molecular weight excluding hydrogens is 400 g/mol. The molecule has 0 saturated heterocycles. The molecule has 0 radical (unpaired) electrons. The highest BCUT2D eigenvalue weighted by atomic mass is 35.5. The van der Waals surface area contributed by atoms with Gasteiger partial charge in [0.05, 0.1) is 6.61 Å². The minimum atomic E-state index is -0.371. The number of rotatable bonds is 6. The molecule has 2 heterocycles. The number of ether oxygens (including phenoxy) is 1. The number of benzene rings is 2. The fraction of sp³-hybridized carbons (Fsp3) is 0.150. The second kappa shape index (κ2) is 8.08. The Morgan fingerprint density at radius 1 is 1.11 bits per heavy atom. The predicted molar refractivity (Wildman–Crippen MR) is 108 cm³/mol. The van der Waals surface area contributed by atoms with Gasteiger partial charge in [0.1, 0.15) is 11.3 Å². The van der Waals surface area contributed by atoms with Crippen molar-refractivity contribution in [3.63, 3.8) is 0 Å². The van der Waals surface area contributed by atoms with E-state index in [0.29, 0.717) is 39.8 Å². The Bertz CT molecular complexity index is 1190. The van der Waals surface area contributed by atoms with Gasteiger partial charge in [-0.15, -0.1) is 10.2 Å². The zero-order valence-corrected chi connectivity index (χ0v) is 16.4. The van der Waals surface area contributed by atoms with Crippen molar-refractivity contribution in [1.82, 2.24) is 10.2 Å². The normalized spacial score (nSPS) is 11.1. The van der Waals surface area contributed by atoms with Crippen LogP contribution in [0.25, 0.3) is 22.4 Å². The van der Waals surface area contributed by atoms with Crippen molar-refractivity contribution < 1.29 is 13.6 Å². The van der Waals surface area contributed by atoms with Crippen LogP contribution in [0.1, 0.15) is 5.56 Å². The molecule has 0 N–H and O–H groups in total. The van der Waals surface area contributed by atoms with E-state index >= 15 is 0 Å². The van der Waals surface area contributed by atoms with Crippen LogP contribution < -0.4 is 10.4 Å². The second-order valence-electron chi connectivity index (χ2n) is 5.99. The average Bonchev–Trinajstić information content (AvgIpc) is 3.14. The van der Waals surface area contributed by atoms with Crippen LogP contribution in [0.15, 0.2) is 67.4 Å². The molecule has 0 saturated carbocycles. The highest BCUT2D eigenvalue weighted by Gasteiger charge is 2.10. The lowest BCUT2D eigenvalue weighted by Gasteiger charge is -2.06. The summed E-state index contributed by atoms with van der Waals surface area (Å²) in [6.07, 6.45) is 0. The van der Waals surface area contributed by atoms with E-state index in [2.05, 4.69) is 10.2 Å². The van der Waals surface area contributed by atoms with Crippen molar-refractivity contribution in [3.05, 3.63) is 69.5 Å². The van der Waals surface area contributed by atoms with Crippen LogP contribution in [-0.2, 0) is 0 Å². The van der Waals surface area contributed by atoms with E-state index in [9.17, 15) is 4.79 Å². The Morgan fingerprint density at radius 3 is 2.86 bits per heavy atom. The van der Waals surface area contributed by atoms with Crippen LogP contribution in [-0.4, -0.2) is 22.6 Å². The predicted octanol–water partition coefficient (Wildman–Crippen LogP) is 4.98. The second-order valence-corrected chi connectivity index (χ2v) is 7.47. The molecule has 0 aliphatic carbocycles. The van der Waals surface area contributed by atoms with E-state index in [-0.39, 0.29) is 5.63 Å². The lowest BCUT2D eigenvalue weighted by molar-refractivity contribution is 0.343. The maximum atomic E-state index is 11.5. The molecule has 0 fully saturated rings. The SMILES string of the molecule is Cc1cc(=O)oc2cc(OCCSc3nnc(-c4cccc(Cl)c4)o3)ccc12. The molecule has 6 nitrogen and oxygen atoms in total. The number of hydrogen-bond donors (Lipinski definition) is 0. The molecule has 0 aliphatic heterocycles. The van der Waals surface area contributed by atoms with Crippen LogP contribution in [0, 0.1) is 6.92 Å².